The molecule has 1 saturated heterocycles. The van der Waals surface area contributed by atoms with Gasteiger partial charge in [-0.05, 0) is 39.8 Å². The number of nitrogens with one attached hydrogen (secondary N) is 2. The molecule has 1 aromatic carbocycles. The number of aliphatic hydroxyl groups is 1. The maximum absolute atomic E-state index is 15.4. The van der Waals surface area contributed by atoms with E-state index < -0.39 is 62.7 Å². The second kappa shape index (κ2) is 11.7. The van der Waals surface area contributed by atoms with E-state index in [1.54, 1.807) is 32.0 Å². The molecule has 1 fully saturated rings. The molecular weight excluding hydrogens is 553 g/mol. The van der Waals surface area contributed by atoms with E-state index in [1.807, 2.05) is 0 Å². The van der Waals surface area contributed by atoms with Crippen molar-refractivity contribution in [3.8, 4) is 5.75 Å². The van der Waals surface area contributed by atoms with Crippen LogP contribution in [0.15, 0.2) is 36.7 Å². The van der Waals surface area contributed by atoms with E-state index in [2.05, 4.69) is 25.4 Å². The lowest BCUT2D eigenvalue weighted by molar-refractivity contribution is -0.149. The predicted molar refractivity (Wildman–Crippen MR) is 139 cm³/mol. The van der Waals surface area contributed by atoms with Gasteiger partial charge in [0.25, 0.3) is 0 Å². The Hall–Kier alpha value is -3.23. The molecule has 4 rings (SSSR count). The Morgan fingerprint density at radius 1 is 1.27 bits per heavy atom. The Morgan fingerprint density at radius 3 is 2.62 bits per heavy atom. The van der Waals surface area contributed by atoms with Crippen molar-refractivity contribution in [1.29, 1.82) is 0 Å². The normalized spacial score (nSPS) is 25.1. The second-order valence-corrected chi connectivity index (χ2v) is 11.3. The first-order valence-corrected chi connectivity index (χ1v) is 14.0. The molecule has 40 heavy (non-hydrogen) atoms. The van der Waals surface area contributed by atoms with Gasteiger partial charge in [0.1, 0.15) is 23.5 Å². The number of imidazole rings is 1. The molecule has 0 aliphatic carbocycles. The van der Waals surface area contributed by atoms with Gasteiger partial charge in [0.15, 0.2) is 29.4 Å². The van der Waals surface area contributed by atoms with Gasteiger partial charge >= 0.3 is 19.8 Å². The molecule has 16 heteroatoms. The van der Waals surface area contributed by atoms with Gasteiger partial charge < -0.3 is 24.4 Å². The first-order chi connectivity index (χ1) is 18.9. The average Bonchev–Trinajstić information content (AvgIpc) is 3.41. The van der Waals surface area contributed by atoms with Gasteiger partial charge in [-0.15, -0.1) is 0 Å². The van der Waals surface area contributed by atoms with Crippen LogP contribution in [-0.2, 0) is 23.4 Å². The highest BCUT2D eigenvalue weighted by Gasteiger charge is 2.55. The van der Waals surface area contributed by atoms with Crippen molar-refractivity contribution in [2.75, 3.05) is 19.0 Å². The first-order valence-electron chi connectivity index (χ1n) is 12.4. The van der Waals surface area contributed by atoms with Crippen LogP contribution in [0.4, 0.5) is 14.6 Å². The fourth-order valence-electron chi connectivity index (χ4n) is 4.03. The third-order valence-corrected chi connectivity index (χ3v) is 7.67. The van der Waals surface area contributed by atoms with Gasteiger partial charge in [-0.25, -0.2) is 13.9 Å². The number of alkyl halides is 1. The van der Waals surface area contributed by atoms with E-state index in [4.69, 9.17) is 18.5 Å². The van der Waals surface area contributed by atoms with Gasteiger partial charge in [0, 0.05) is 7.05 Å². The molecule has 6 atom stereocenters. The standard InChI is InChI=1S/C24H31F2N6O7P/c1-13(2)37-22(34)14(3)31-40(35,39-15-9-7-6-8-10-15)36-11-24(4)18(33)16(25)21(38-24)32-12-28-17-19(27-5)29-23(26)30-20(17)32/h6-10,12-14,16,18,21,33H,11H2,1-5H3,(H,31,35)(H,27,29,30)/t14-,16-,18-,21+,24+,40-/m0/s1. The number of esters is 1. The maximum atomic E-state index is 15.4. The average molecular weight is 585 g/mol. The lowest BCUT2D eigenvalue weighted by Crippen LogP contribution is -2.44. The Balaban J connectivity index is 1.57. The Labute approximate surface area is 228 Å². The van der Waals surface area contributed by atoms with Crippen LogP contribution in [0.5, 0.6) is 5.75 Å². The summed E-state index contributed by atoms with van der Waals surface area (Å²) in [4.78, 5) is 23.8. The summed E-state index contributed by atoms with van der Waals surface area (Å²) in [6, 6.07) is 6.93. The number of rotatable bonds is 11. The van der Waals surface area contributed by atoms with Crippen LogP contribution < -0.4 is 14.9 Å². The van der Waals surface area contributed by atoms with Crippen molar-refractivity contribution in [3.05, 3.63) is 42.7 Å². The number of para-hydroxylation sites is 1. The fourth-order valence-corrected chi connectivity index (χ4v) is 5.62. The van der Waals surface area contributed by atoms with Crippen molar-refractivity contribution in [3.63, 3.8) is 0 Å². The minimum Gasteiger partial charge on any atom is -0.462 e. The van der Waals surface area contributed by atoms with Gasteiger partial charge in [-0.2, -0.15) is 19.4 Å². The number of carbonyl (C=O) groups is 1. The summed E-state index contributed by atoms with van der Waals surface area (Å²) in [5.74, 6) is -0.463. The molecule has 0 spiro atoms. The van der Waals surface area contributed by atoms with E-state index in [0.717, 1.165) is 4.57 Å². The van der Waals surface area contributed by atoms with Crippen molar-refractivity contribution in [1.82, 2.24) is 24.6 Å². The van der Waals surface area contributed by atoms with Crippen LogP contribution in [0.1, 0.15) is 33.9 Å². The monoisotopic (exact) mass is 584 g/mol. The van der Waals surface area contributed by atoms with Crippen molar-refractivity contribution < 1.29 is 41.8 Å². The summed E-state index contributed by atoms with van der Waals surface area (Å²) in [5, 5.41) is 16.0. The van der Waals surface area contributed by atoms with E-state index in [0.29, 0.717) is 0 Å². The highest BCUT2D eigenvalue weighted by Crippen LogP contribution is 2.48. The number of nitrogens with zero attached hydrogens (tertiary/aromatic N) is 4. The van der Waals surface area contributed by atoms with Gasteiger partial charge in [-0.1, -0.05) is 18.2 Å². The number of benzene rings is 1. The number of fused-ring (bicyclic) bond motifs is 1. The summed E-state index contributed by atoms with van der Waals surface area (Å²) in [5.41, 5.74) is -1.68. The topological polar surface area (TPSA) is 159 Å². The van der Waals surface area contributed by atoms with Crippen molar-refractivity contribution in [2.45, 2.75) is 63.9 Å². The minimum atomic E-state index is -4.33. The molecule has 0 amide bonds. The molecule has 0 radical (unpaired) electrons. The fraction of sp³-hybridized carbons (Fsp3) is 0.500. The molecule has 0 bridgehead atoms. The third kappa shape index (κ3) is 6.23. The van der Waals surface area contributed by atoms with E-state index in [1.165, 1.54) is 39.4 Å². The molecule has 0 saturated carbocycles. The quantitative estimate of drug-likeness (QED) is 0.172. The van der Waals surface area contributed by atoms with E-state index in [9.17, 15) is 18.9 Å². The summed E-state index contributed by atoms with van der Waals surface area (Å²) in [6.07, 6.45) is -5.62. The zero-order valence-electron chi connectivity index (χ0n) is 22.4. The molecule has 13 nitrogen and oxygen atoms in total. The first kappa shape index (κ1) is 29.7. The zero-order valence-corrected chi connectivity index (χ0v) is 23.3. The zero-order chi connectivity index (χ0) is 29.2. The number of hydrogen-bond acceptors (Lipinski definition) is 11. The second-order valence-electron chi connectivity index (χ2n) is 9.64. The number of aromatic nitrogens is 4. The lowest BCUT2D eigenvalue weighted by atomic mass is 9.99. The Bertz CT molecular complexity index is 1400. The number of aliphatic hydroxyl groups excluding tert-OH is 1. The van der Waals surface area contributed by atoms with E-state index >= 15 is 4.39 Å². The third-order valence-electron chi connectivity index (χ3n) is 6.04. The van der Waals surface area contributed by atoms with Crippen LogP contribution in [0.3, 0.4) is 0 Å². The van der Waals surface area contributed by atoms with Crippen LogP contribution in [0, 0.1) is 6.08 Å². The smallest absolute Gasteiger partial charge is 0.459 e. The van der Waals surface area contributed by atoms with Gasteiger partial charge in [0.05, 0.1) is 19.0 Å². The highest BCUT2D eigenvalue weighted by molar-refractivity contribution is 7.52. The largest absolute Gasteiger partial charge is 0.462 e. The molecule has 1 aliphatic heterocycles. The summed E-state index contributed by atoms with van der Waals surface area (Å²) >= 11 is 0. The molecule has 3 N–H and O–H groups in total. The molecule has 218 valence electrons. The SMILES string of the molecule is CNc1nc(F)nc2c1ncn2[C@@H]1O[C@](C)(CO[P@@](=O)(N[C@@H](C)C(=O)OC(C)C)Oc2ccccc2)[C@@H](O)[C@@H]1F. The summed E-state index contributed by atoms with van der Waals surface area (Å²) in [7, 11) is -2.82. The summed E-state index contributed by atoms with van der Waals surface area (Å²) < 4.78 is 66.6. The van der Waals surface area contributed by atoms with E-state index in [-0.39, 0.29) is 22.7 Å². The number of anilines is 1. The lowest BCUT2D eigenvalue weighted by Gasteiger charge is -2.30. The maximum Gasteiger partial charge on any atom is 0.459 e. The predicted octanol–water partition coefficient (Wildman–Crippen LogP) is 3.13. The number of halogens is 2. The van der Waals surface area contributed by atoms with Crippen molar-refractivity contribution >= 4 is 30.7 Å². The highest BCUT2D eigenvalue weighted by atomic mass is 31.2. The van der Waals surface area contributed by atoms with Crippen molar-refractivity contribution in [2.24, 2.45) is 0 Å². The summed E-state index contributed by atoms with van der Waals surface area (Å²) in [6.45, 7) is 5.45. The molecule has 2 aromatic heterocycles. The Kier molecular flexibility index (Phi) is 8.71. The van der Waals surface area contributed by atoms with Gasteiger partial charge in [0.2, 0.25) is 0 Å². The van der Waals surface area contributed by atoms with Crippen LogP contribution in [0.25, 0.3) is 11.2 Å². The Morgan fingerprint density at radius 2 is 1.98 bits per heavy atom. The molecular formula is C24H31F2N6O7P. The minimum absolute atomic E-state index is 0.0703. The van der Waals surface area contributed by atoms with Gasteiger partial charge in [-0.3, -0.25) is 13.9 Å². The van der Waals surface area contributed by atoms with Crippen LogP contribution in [0.2, 0.25) is 0 Å². The molecule has 3 aromatic rings. The molecule has 1 aliphatic rings. The van der Waals surface area contributed by atoms with Crippen LogP contribution in [-0.4, -0.2) is 74.3 Å². The molecule has 0 unspecified atom stereocenters. The molecule has 3 heterocycles. The number of carbonyl (C=O) groups excluding carboxylic acids is 1. The van der Waals surface area contributed by atoms with Crippen LogP contribution >= 0.6 is 7.75 Å². The number of hydrogen-bond donors (Lipinski definition) is 3. The number of ether oxygens (including phenoxy) is 2.